The van der Waals surface area contributed by atoms with E-state index in [0.717, 1.165) is 12.8 Å². The van der Waals surface area contributed by atoms with Crippen LogP contribution in [0.2, 0.25) is 0 Å². The van der Waals surface area contributed by atoms with Crippen molar-refractivity contribution < 1.29 is 14.3 Å². The zero-order valence-corrected chi connectivity index (χ0v) is 11.6. The molecule has 0 bridgehead atoms. The SMILES string of the molecule is C=C(C#N)C(=O)OC(C)OCC(CC)CCCC. The quantitative estimate of drug-likeness (QED) is 0.274. The summed E-state index contributed by atoms with van der Waals surface area (Å²) >= 11 is 0. The molecular weight excluding hydrogens is 230 g/mol. The van der Waals surface area contributed by atoms with Crippen molar-refractivity contribution in [1.82, 2.24) is 0 Å². The van der Waals surface area contributed by atoms with Crippen LogP contribution in [0, 0.1) is 17.2 Å². The number of unbranched alkanes of at least 4 members (excludes halogenated alkanes) is 1. The Labute approximate surface area is 110 Å². The Morgan fingerprint density at radius 1 is 1.44 bits per heavy atom. The summed E-state index contributed by atoms with van der Waals surface area (Å²) in [5.41, 5.74) is -0.205. The second-order valence-corrected chi connectivity index (χ2v) is 4.31. The van der Waals surface area contributed by atoms with Crippen LogP contribution in [0.3, 0.4) is 0 Å². The fraction of sp³-hybridized carbons (Fsp3) is 0.714. The number of hydrogen-bond donors (Lipinski definition) is 0. The number of ether oxygens (including phenoxy) is 2. The van der Waals surface area contributed by atoms with Gasteiger partial charge in [-0.15, -0.1) is 0 Å². The molecule has 0 amide bonds. The molecule has 0 spiro atoms. The zero-order valence-electron chi connectivity index (χ0n) is 11.6. The Morgan fingerprint density at radius 2 is 2.11 bits per heavy atom. The fourth-order valence-electron chi connectivity index (χ4n) is 1.47. The predicted octanol–water partition coefficient (Wildman–Crippen LogP) is 3.19. The largest absolute Gasteiger partial charge is 0.432 e. The first kappa shape index (κ1) is 16.7. The summed E-state index contributed by atoms with van der Waals surface area (Å²) < 4.78 is 10.4. The van der Waals surface area contributed by atoms with Gasteiger partial charge in [-0.05, 0) is 19.3 Å². The highest BCUT2D eigenvalue weighted by Gasteiger charge is 2.14. The van der Waals surface area contributed by atoms with Gasteiger partial charge in [-0.3, -0.25) is 0 Å². The van der Waals surface area contributed by atoms with Crippen molar-refractivity contribution in [3.05, 3.63) is 12.2 Å². The van der Waals surface area contributed by atoms with E-state index in [0.29, 0.717) is 12.5 Å². The first-order valence-corrected chi connectivity index (χ1v) is 6.46. The summed E-state index contributed by atoms with van der Waals surface area (Å²) in [4.78, 5) is 11.2. The normalized spacial score (nSPS) is 13.4. The third-order valence-corrected chi connectivity index (χ3v) is 2.76. The smallest absolute Gasteiger partial charge is 0.350 e. The van der Waals surface area contributed by atoms with Crippen molar-refractivity contribution in [2.45, 2.75) is 52.7 Å². The standard InChI is InChI=1S/C14H23NO3/c1-5-7-8-13(6-2)10-17-12(4)18-14(16)11(3)9-15/h12-13H,3,5-8,10H2,1-2,4H3. The van der Waals surface area contributed by atoms with Crippen molar-refractivity contribution in [2.24, 2.45) is 5.92 Å². The first-order chi connectivity index (χ1) is 8.54. The summed E-state index contributed by atoms with van der Waals surface area (Å²) in [6, 6.07) is 1.65. The van der Waals surface area contributed by atoms with Gasteiger partial charge in [0.25, 0.3) is 0 Å². The highest BCUT2D eigenvalue weighted by molar-refractivity contribution is 5.91. The number of hydrogen-bond acceptors (Lipinski definition) is 4. The molecule has 0 heterocycles. The molecule has 0 aromatic rings. The number of nitriles is 1. The van der Waals surface area contributed by atoms with Crippen LogP contribution < -0.4 is 0 Å². The van der Waals surface area contributed by atoms with Gasteiger partial charge in [-0.25, -0.2) is 4.79 Å². The zero-order chi connectivity index (χ0) is 14.0. The summed E-state index contributed by atoms with van der Waals surface area (Å²) in [5.74, 6) is -0.225. The number of nitrogens with zero attached hydrogens (tertiary/aromatic N) is 1. The van der Waals surface area contributed by atoms with Crippen LogP contribution in [0.5, 0.6) is 0 Å². The van der Waals surface area contributed by atoms with Crippen molar-refractivity contribution >= 4 is 5.97 Å². The number of rotatable bonds is 9. The van der Waals surface area contributed by atoms with Crippen LogP contribution in [0.15, 0.2) is 12.2 Å². The molecule has 0 radical (unpaired) electrons. The molecule has 2 unspecified atom stereocenters. The molecule has 0 aliphatic heterocycles. The van der Waals surface area contributed by atoms with Crippen LogP contribution in [-0.4, -0.2) is 18.9 Å². The van der Waals surface area contributed by atoms with E-state index in [1.165, 1.54) is 12.8 Å². The number of carbonyl (C=O) groups excluding carboxylic acids is 1. The van der Waals surface area contributed by atoms with Gasteiger partial charge in [0, 0.05) is 0 Å². The molecule has 2 atom stereocenters. The lowest BCUT2D eigenvalue weighted by atomic mass is 10.0. The van der Waals surface area contributed by atoms with Crippen molar-refractivity contribution in [3.8, 4) is 6.07 Å². The van der Waals surface area contributed by atoms with Gasteiger partial charge in [0.15, 0.2) is 0 Å². The third-order valence-electron chi connectivity index (χ3n) is 2.76. The molecule has 0 saturated heterocycles. The minimum atomic E-state index is -0.716. The topological polar surface area (TPSA) is 59.3 Å². The molecule has 4 heteroatoms. The highest BCUT2D eigenvalue weighted by atomic mass is 16.7. The van der Waals surface area contributed by atoms with Crippen LogP contribution in [0.4, 0.5) is 0 Å². The van der Waals surface area contributed by atoms with E-state index >= 15 is 0 Å². The summed E-state index contributed by atoms with van der Waals surface area (Å²) in [5, 5.41) is 8.48. The molecule has 0 aromatic heterocycles. The summed E-state index contributed by atoms with van der Waals surface area (Å²) in [6.45, 7) is 9.79. The van der Waals surface area contributed by atoms with Crippen LogP contribution in [0.1, 0.15) is 46.5 Å². The predicted molar refractivity (Wildman–Crippen MR) is 69.6 cm³/mol. The van der Waals surface area contributed by atoms with Gasteiger partial charge in [-0.2, -0.15) is 5.26 Å². The molecule has 0 aliphatic rings. The second-order valence-electron chi connectivity index (χ2n) is 4.31. The number of carbonyl (C=O) groups is 1. The van der Waals surface area contributed by atoms with E-state index < -0.39 is 12.3 Å². The van der Waals surface area contributed by atoms with Gasteiger partial charge in [-0.1, -0.05) is 39.7 Å². The van der Waals surface area contributed by atoms with Crippen molar-refractivity contribution in [3.63, 3.8) is 0 Å². The molecule has 0 aromatic carbocycles. The van der Waals surface area contributed by atoms with E-state index in [2.05, 4.69) is 20.4 Å². The van der Waals surface area contributed by atoms with Gasteiger partial charge in [0.1, 0.15) is 11.6 Å². The second kappa shape index (κ2) is 9.67. The monoisotopic (exact) mass is 253 g/mol. The Bertz CT molecular complexity index is 307. The average Bonchev–Trinajstić information content (AvgIpc) is 2.37. The average molecular weight is 253 g/mol. The molecule has 0 fully saturated rings. The maximum atomic E-state index is 11.2. The van der Waals surface area contributed by atoms with Crippen molar-refractivity contribution in [2.75, 3.05) is 6.61 Å². The van der Waals surface area contributed by atoms with E-state index in [9.17, 15) is 4.79 Å². The lowest BCUT2D eigenvalue weighted by Gasteiger charge is -2.18. The van der Waals surface area contributed by atoms with Crippen LogP contribution >= 0.6 is 0 Å². The van der Waals surface area contributed by atoms with E-state index in [1.807, 2.05) is 0 Å². The Kier molecular flexibility index (Phi) is 8.95. The van der Waals surface area contributed by atoms with Crippen LogP contribution in [-0.2, 0) is 14.3 Å². The van der Waals surface area contributed by atoms with E-state index in [4.69, 9.17) is 14.7 Å². The number of esters is 1. The molecule has 0 aliphatic carbocycles. The molecule has 4 nitrogen and oxygen atoms in total. The molecular formula is C14H23NO3. The molecule has 102 valence electrons. The maximum absolute atomic E-state index is 11.2. The lowest BCUT2D eigenvalue weighted by Crippen LogP contribution is -2.22. The maximum Gasteiger partial charge on any atom is 0.350 e. The summed E-state index contributed by atoms with van der Waals surface area (Å²) in [6.07, 6.45) is 3.88. The van der Waals surface area contributed by atoms with Gasteiger partial charge < -0.3 is 9.47 Å². The summed E-state index contributed by atoms with van der Waals surface area (Å²) in [7, 11) is 0. The third kappa shape index (κ3) is 7.08. The Hall–Kier alpha value is -1.34. The highest BCUT2D eigenvalue weighted by Crippen LogP contribution is 2.14. The molecule has 0 rings (SSSR count). The molecule has 0 saturated carbocycles. The van der Waals surface area contributed by atoms with Crippen molar-refractivity contribution in [1.29, 1.82) is 5.26 Å². The minimum Gasteiger partial charge on any atom is -0.432 e. The van der Waals surface area contributed by atoms with Gasteiger partial charge in [0.05, 0.1) is 6.61 Å². The van der Waals surface area contributed by atoms with E-state index in [-0.39, 0.29) is 5.57 Å². The lowest BCUT2D eigenvalue weighted by molar-refractivity contribution is -0.172. The Morgan fingerprint density at radius 3 is 2.61 bits per heavy atom. The Balaban J connectivity index is 3.94. The van der Waals surface area contributed by atoms with Crippen LogP contribution in [0.25, 0.3) is 0 Å². The van der Waals surface area contributed by atoms with E-state index in [1.54, 1.807) is 13.0 Å². The van der Waals surface area contributed by atoms with Gasteiger partial charge >= 0.3 is 5.97 Å². The fourth-order valence-corrected chi connectivity index (χ4v) is 1.47. The van der Waals surface area contributed by atoms with Gasteiger partial charge in [0.2, 0.25) is 6.29 Å². The first-order valence-electron chi connectivity index (χ1n) is 6.46. The minimum absolute atomic E-state index is 0.205. The molecule has 0 N–H and O–H groups in total. The molecule has 18 heavy (non-hydrogen) atoms.